The molecule has 0 atom stereocenters. The maximum Gasteiger partial charge on any atom is 0.328 e. The van der Waals surface area contributed by atoms with Gasteiger partial charge in [-0.15, -0.1) is 0 Å². The van der Waals surface area contributed by atoms with Gasteiger partial charge in [-0.25, -0.2) is 4.79 Å². The van der Waals surface area contributed by atoms with Crippen LogP contribution in [-0.4, -0.2) is 22.6 Å². The van der Waals surface area contributed by atoms with Crippen molar-refractivity contribution in [1.29, 1.82) is 0 Å². The van der Waals surface area contributed by atoms with Gasteiger partial charge in [-0.3, -0.25) is 19.1 Å². The van der Waals surface area contributed by atoms with Crippen LogP contribution in [0.25, 0.3) is 0 Å². The number of aromatic nitrogens is 2. The largest absolute Gasteiger partial charge is 0.497 e. The maximum absolute atomic E-state index is 11.9. The van der Waals surface area contributed by atoms with Crippen LogP contribution in [0.2, 0.25) is 0 Å². The zero-order chi connectivity index (χ0) is 15.4. The summed E-state index contributed by atoms with van der Waals surface area (Å²) in [4.78, 5) is 36.8. The van der Waals surface area contributed by atoms with Gasteiger partial charge in [0.25, 0.3) is 5.56 Å². The second kappa shape index (κ2) is 6.40. The number of nitrogens with one attached hydrogen (secondary N) is 2. The first-order chi connectivity index (χ1) is 9.99. The van der Waals surface area contributed by atoms with E-state index in [4.69, 9.17) is 4.74 Å². The summed E-state index contributed by atoms with van der Waals surface area (Å²) in [5.74, 6) is 0.209. The fourth-order valence-corrected chi connectivity index (χ4v) is 2.00. The minimum Gasteiger partial charge on any atom is -0.497 e. The molecule has 2 rings (SSSR count). The van der Waals surface area contributed by atoms with Crippen molar-refractivity contribution in [3.63, 3.8) is 0 Å². The number of nitrogens with zero attached hydrogens (tertiary/aromatic N) is 1. The standard InChI is InChI=1S/C13H12BrN3O4/c1-21-9-4-2-3-8(5-9)15-11(18)7-17-6-10(14)12(19)16-13(17)20/h2-6H,7H2,1H3,(H,15,18)(H,16,19,20). The number of rotatable bonds is 4. The predicted octanol–water partition coefficient (Wildman–Crippen LogP) is 0.946. The van der Waals surface area contributed by atoms with Crippen molar-refractivity contribution in [2.75, 3.05) is 12.4 Å². The number of amides is 1. The van der Waals surface area contributed by atoms with E-state index in [-0.39, 0.29) is 11.0 Å². The van der Waals surface area contributed by atoms with Crippen LogP contribution >= 0.6 is 15.9 Å². The first kappa shape index (κ1) is 15.0. The number of benzene rings is 1. The molecule has 7 nitrogen and oxygen atoms in total. The van der Waals surface area contributed by atoms with E-state index >= 15 is 0 Å². The summed E-state index contributed by atoms with van der Waals surface area (Å²) in [6.45, 7) is -0.217. The summed E-state index contributed by atoms with van der Waals surface area (Å²) in [6.07, 6.45) is 1.27. The number of carbonyl (C=O) groups is 1. The van der Waals surface area contributed by atoms with E-state index in [1.165, 1.54) is 13.3 Å². The molecule has 0 fully saturated rings. The summed E-state index contributed by atoms with van der Waals surface area (Å²) in [6, 6.07) is 6.84. The van der Waals surface area contributed by atoms with Gasteiger partial charge in [0.15, 0.2) is 0 Å². The Morgan fingerprint density at radius 1 is 1.43 bits per heavy atom. The molecule has 0 unspecified atom stereocenters. The van der Waals surface area contributed by atoms with E-state index < -0.39 is 17.2 Å². The van der Waals surface area contributed by atoms with E-state index in [2.05, 4.69) is 26.2 Å². The number of aromatic amines is 1. The zero-order valence-corrected chi connectivity index (χ0v) is 12.6. The highest BCUT2D eigenvalue weighted by atomic mass is 79.9. The van der Waals surface area contributed by atoms with Gasteiger partial charge in [0.1, 0.15) is 12.3 Å². The van der Waals surface area contributed by atoms with Gasteiger partial charge in [0, 0.05) is 18.0 Å². The Labute approximate surface area is 127 Å². The highest BCUT2D eigenvalue weighted by Gasteiger charge is 2.08. The van der Waals surface area contributed by atoms with Gasteiger partial charge in [-0.2, -0.15) is 0 Å². The van der Waals surface area contributed by atoms with Crippen molar-refractivity contribution in [2.24, 2.45) is 0 Å². The van der Waals surface area contributed by atoms with Crippen LogP contribution < -0.4 is 21.3 Å². The lowest BCUT2D eigenvalue weighted by Crippen LogP contribution is -2.33. The molecule has 8 heteroatoms. The number of carbonyl (C=O) groups excluding carboxylic acids is 1. The Bertz CT molecular complexity index is 781. The summed E-state index contributed by atoms with van der Waals surface area (Å²) in [5, 5.41) is 2.64. The van der Waals surface area contributed by atoms with E-state index in [1.807, 2.05) is 0 Å². The van der Waals surface area contributed by atoms with E-state index in [0.717, 1.165) is 4.57 Å². The first-order valence-electron chi connectivity index (χ1n) is 5.93. The van der Waals surface area contributed by atoms with Gasteiger partial charge in [-0.05, 0) is 28.1 Å². The molecule has 0 aliphatic carbocycles. The molecule has 0 aliphatic rings. The third-order valence-corrected chi connectivity index (χ3v) is 3.20. The molecule has 0 saturated heterocycles. The zero-order valence-electron chi connectivity index (χ0n) is 11.1. The van der Waals surface area contributed by atoms with Crippen LogP contribution in [0.5, 0.6) is 5.75 Å². The predicted molar refractivity (Wildman–Crippen MR) is 80.6 cm³/mol. The third kappa shape index (κ3) is 3.82. The van der Waals surface area contributed by atoms with Gasteiger partial charge in [0.2, 0.25) is 5.91 Å². The molecule has 0 spiro atoms. The summed E-state index contributed by atoms with van der Waals surface area (Å²) >= 11 is 3.00. The molecule has 0 saturated carbocycles. The van der Waals surface area contributed by atoms with Crippen LogP contribution in [0.15, 0.2) is 44.5 Å². The lowest BCUT2D eigenvalue weighted by Gasteiger charge is -2.08. The minimum absolute atomic E-state index is 0.177. The average molecular weight is 354 g/mol. The fraction of sp³-hybridized carbons (Fsp3) is 0.154. The van der Waals surface area contributed by atoms with Crippen molar-refractivity contribution in [2.45, 2.75) is 6.54 Å². The van der Waals surface area contributed by atoms with E-state index in [0.29, 0.717) is 11.4 Å². The Kier molecular flexibility index (Phi) is 4.59. The van der Waals surface area contributed by atoms with Crippen LogP contribution in [0.1, 0.15) is 0 Å². The van der Waals surface area contributed by atoms with Crippen LogP contribution in [0.3, 0.4) is 0 Å². The fourth-order valence-electron chi connectivity index (χ4n) is 1.66. The SMILES string of the molecule is COc1cccc(NC(=O)Cn2cc(Br)c(=O)[nH]c2=O)c1. The molecular weight excluding hydrogens is 342 g/mol. The average Bonchev–Trinajstić information content (AvgIpc) is 2.45. The second-order valence-electron chi connectivity index (χ2n) is 4.14. The quantitative estimate of drug-likeness (QED) is 0.855. The summed E-state index contributed by atoms with van der Waals surface area (Å²) in [5.41, 5.74) is -0.635. The maximum atomic E-state index is 11.9. The molecule has 2 N–H and O–H groups in total. The number of anilines is 1. The number of methoxy groups -OCH3 is 1. The molecule has 0 bridgehead atoms. The minimum atomic E-state index is -0.649. The van der Waals surface area contributed by atoms with Crippen LogP contribution in [-0.2, 0) is 11.3 Å². The normalized spacial score (nSPS) is 10.2. The number of halogens is 1. The molecule has 1 amide bonds. The van der Waals surface area contributed by atoms with Crippen molar-refractivity contribution >= 4 is 27.5 Å². The summed E-state index contributed by atoms with van der Waals surface area (Å²) < 4.78 is 6.33. The third-order valence-electron chi connectivity index (χ3n) is 2.63. The monoisotopic (exact) mass is 353 g/mol. The van der Waals surface area contributed by atoms with Gasteiger partial charge < -0.3 is 10.1 Å². The highest BCUT2D eigenvalue weighted by molar-refractivity contribution is 9.10. The van der Waals surface area contributed by atoms with Crippen molar-refractivity contribution < 1.29 is 9.53 Å². The molecule has 1 aromatic heterocycles. The van der Waals surface area contributed by atoms with Crippen LogP contribution in [0.4, 0.5) is 5.69 Å². The lowest BCUT2D eigenvalue weighted by atomic mass is 10.3. The number of ether oxygens (including phenoxy) is 1. The molecule has 1 aromatic carbocycles. The Morgan fingerprint density at radius 2 is 2.19 bits per heavy atom. The van der Waals surface area contributed by atoms with Crippen molar-refractivity contribution in [1.82, 2.24) is 9.55 Å². The van der Waals surface area contributed by atoms with Gasteiger partial charge >= 0.3 is 5.69 Å². The first-order valence-corrected chi connectivity index (χ1v) is 6.72. The molecular formula is C13H12BrN3O4. The molecule has 110 valence electrons. The Balaban J connectivity index is 2.13. The van der Waals surface area contributed by atoms with Crippen molar-refractivity contribution in [3.05, 3.63) is 55.8 Å². The molecule has 0 radical (unpaired) electrons. The molecule has 0 aliphatic heterocycles. The summed E-state index contributed by atoms with van der Waals surface area (Å²) in [7, 11) is 1.53. The molecule has 2 aromatic rings. The Morgan fingerprint density at radius 3 is 2.90 bits per heavy atom. The number of H-pyrrole nitrogens is 1. The number of hydrogen-bond acceptors (Lipinski definition) is 4. The molecule has 1 heterocycles. The topological polar surface area (TPSA) is 93.2 Å². The smallest absolute Gasteiger partial charge is 0.328 e. The van der Waals surface area contributed by atoms with E-state index in [9.17, 15) is 14.4 Å². The lowest BCUT2D eigenvalue weighted by molar-refractivity contribution is -0.116. The highest BCUT2D eigenvalue weighted by Crippen LogP contribution is 2.16. The number of hydrogen-bond donors (Lipinski definition) is 2. The second-order valence-corrected chi connectivity index (χ2v) is 5.00. The van der Waals surface area contributed by atoms with Crippen LogP contribution in [0, 0.1) is 0 Å². The van der Waals surface area contributed by atoms with E-state index in [1.54, 1.807) is 24.3 Å². The van der Waals surface area contributed by atoms with Crippen molar-refractivity contribution in [3.8, 4) is 5.75 Å². The van der Waals surface area contributed by atoms with Gasteiger partial charge in [-0.1, -0.05) is 6.07 Å². The van der Waals surface area contributed by atoms with Gasteiger partial charge in [0.05, 0.1) is 11.6 Å². The molecule has 21 heavy (non-hydrogen) atoms. The Hall–Kier alpha value is -2.35.